The summed E-state index contributed by atoms with van der Waals surface area (Å²) in [5.74, 6) is 0. The minimum absolute atomic E-state index is 0.177. The average molecular weight is 328 g/mol. The molecule has 130 valence electrons. The molecule has 1 heterocycles. The van der Waals surface area contributed by atoms with Crippen LogP contribution >= 0.6 is 0 Å². The van der Waals surface area contributed by atoms with Crippen molar-refractivity contribution in [3.05, 3.63) is 47.5 Å². The third-order valence-electron chi connectivity index (χ3n) is 5.51. The second-order valence-corrected chi connectivity index (χ2v) is 6.86. The minimum Gasteiger partial charge on any atom is -0.465 e. The highest BCUT2D eigenvalue weighted by Gasteiger charge is 2.32. The molecule has 4 nitrogen and oxygen atoms in total. The Hall–Kier alpha value is -1.81. The zero-order valence-electron chi connectivity index (χ0n) is 14.5. The van der Waals surface area contributed by atoms with Gasteiger partial charge in [-0.3, -0.25) is 4.90 Å². The van der Waals surface area contributed by atoms with Gasteiger partial charge in [-0.15, -0.1) is 0 Å². The van der Waals surface area contributed by atoms with E-state index in [-0.39, 0.29) is 6.04 Å². The van der Waals surface area contributed by atoms with E-state index in [1.807, 2.05) is 6.92 Å². The number of carbonyl (C=O) groups is 1. The van der Waals surface area contributed by atoms with E-state index in [1.54, 1.807) is 10.5 Å². The molecule has 0 radical (unpaired) electrons. The van der Waals surface area contributed by atoms with Crippen molar-refractivity contribution in [2.24, 2.45) is 0 Å². The van der Waals surface area contributed by atoms with Crippen LogP contribution in [-0.4, -0.2) is 52.7 Å². The molecule has 1 aliphatic heterocycles. The van der Waals surface area contributed by atoms with Crippen LogP contribution in [0.3, 0.4) is 0 Å². The van der Waals surface area contributed by atoms with Gasteiger partial charge in [-0.25, -0.2) is 4.79 Å². The van der Waals surface area contributed by atoms with Gasteiger partial charge in [-0.2, -0.15) is 0 Å². The Kier molecular flexibility index (Phi) is 5.56. The molecule has 0 aromatic heterocycles. The monoisotopic (exact) mass is 328 g/mol. The Morgan fingerprint density at radius 3 is 2.46 bits per heavy atom. The predicted octanol–water partition coefficient (Wildman–Crippen LogP) is 3.78. The fourth-order valence-electron chi connectivity index (χ4n) is 4.00. The zero-order valence-corrected chi connectivity index (χ0v) is 14.5. The molecule has 1 aromatic rings. The maximum atomic E-state index is 11.4. The summed E-state index contributed by atoms with van der Waals surface area (Å²) in [6.45, 7) is 4.49. The van der Waals surface area contributed by atoms with Crippen LogP contribution in [-0.2, 0) is 6.42 Å². The number of allylic oxidation sites excluding steroid dienone is 1. The van der Waals surface area contributed by atoms with E-state index in [0.29, 0.717) is 12.6 Å². The molecule has 2 aliphatic rings. The molecule has 4 heteroatoms. The third-order valence-corrected chi connectivity index (χ3v) is 5.51. The lowest BCUT2D eigenvalue weighted by atomic mass is 9.86. The summed E-state index contributed by atoms with van der Waals surface area (Å²) in [6.07, 6.45) is 6.98. The number of nitrogens with zero attached hydrogens (tertiary/aromatic N) is 2. The van der Waals surface area contributed by atoms with Crippen molar-refractivity contribution >= 4 is 6.09 Å². The summed E-state index contributed by atoms with van der Waals surface area (Å²) in [5.41, 5.74) is 2.96. The summed E-state index contributed by atoms with van der Waals surface area (Å²) >= 11 is 0. The molecule has 1 atom stereocenters. The van der Waals surface area contributed by atoms with Crippen molar-refractivity contribution in [2.75, 3.05) is 19.6 Å². The standard InChI is InChI=1S/C20H28N2O2/c1-2-22(20(23)24)18-11-13-21(14-12-18)19(17-9-6-10-17)15-16-7-4-3-5-8-16/h3-5,7-9,18-19H,2,6,10-15H2,1H3,(H,23,24). The average Bonchev–Trinajstić information content (AvgIpc) is 2.55. The Balaban J connectivity index is 1.64. The lowest BCUT2D eigenvalue weighted by Gasteiger charge is -2.42. The van der Waals surface area contributed by atoms with Crippen molar-refractivity contribution in [2.45, 2.75) is 51.1 Å². The summed E-state index contributed by atoms with van der Waals surface area (Å²) in [5, 5.41) is 9.33. The van der Waals surface area contributed by atoms with Crippen molar-refractivity contribution in [1.29, 1.82) is 0 Å². The molecule has 3 rings (SSSR count). The maximum Gasteiger partial charge on any atom is 0.407 e. The van der Waals surface area contributed by atoms with E-state index in [4.69, 9.17) is 0 Å². The number of hydrogen-bond acceptors (Lipinski definition) is 2. The van der Waals surface area contributed by atoms with Gasteiger partial charge in [0.15, 0.2) is 0 Å². The van der Waals surface area contributed by atoms with Crippen molar-refractivity contribution in [1.82, 2.24) is 9.80 Å². The summed E-state index contributed by atoms with van der Waals surface area (Å²) in [7, 11) is 0. The number of amides is 1. The number of rotatable bonds is 6. The number of carboxylic acid groups (broad SMARTS) is 1. The highest BCUT2D eigenvalue weighted by Crippen LogP contribution is 2.30. The van der Waals surface area contributed by atoms with Gasteiger partial charge in [-0.1, -0.05) is 42.0 Å². The van der Waals surface area contributed by atoms with Crippen LogP contribution < -0.4 is 0 Å². The van der Waals surface area contributed by atoms with Gasteiger partial charge in [0.25, 0.3) is 0 Å². The smallest absolute Gasteiger partial charge is 0.407 e. The van der Waals surface area contributed by atoms with Gasteiger partial charge in [0.1, 0.15) is 0 Å². The number of hydrogen-bond donors (Lipinski definition) is 1. The van der Waals surface area contributed by atoms with Gasteiger partial charge >= 0.3 is 6.09 Å². The lowest BCUT2D eigenvalue weighted by Crippen LogP contribution is -2.50. The van der Waals surface area contributed by atoms with Crippen molar-refractivity contribution in [3.8, 4) is 0 Å². The zero-order chi connectivity index (χ0) is 16.9. The summed E-state index contributed by atoms with van der Waals surface area (Å²) in [4.78, 5) is 15.5. The molecule has 1 amide bonds. The van der Waals surface area contributed by atoms with Crippen LogP contribution in [0.4, 0.5) is 4.79 Å². The van der Waals surface area contributed by atoms with E-state index in [9.17, 15) is 9.90 Å². The van der Waals surface area contributed by atoms with Crippen LogP contribution in [0.1, 0.15) is 38.2 Å². The number of likely N-dealkylation sites (tertiary alicyclic amines) is 1. The highest BCUT2D eigenvalue weighted by molar-refractivity contribution is 5.65. The van der Waals surface area contributed by atoms with Gasteiger partial charge in [0, 0.05) is 31.7 Å². The molecule has 1 unspecified atom stereocenters. The molecule has 0 spiro atoms. The molecule has 1 saturated heterocycles. The van der Waals surface area contributed by atoms with Crippen LogP contribution in [0.25, 0.3) is 0 Å². The van der Waals surface area contributed by atoms with Gasteiger partial charge < -0.3 is 10.0 Å². The van der Waals surface area contributed by atoms with Gasteiger partial charge in [0.2, 0.25) is 0 Å². The predicted molar refractivity (Wildman–Crippen MR) is 96.3 cm³/mol. The quantitative estimate of drug-likeness (QED) is 0.808. The van der Waals surface area contributed by atoms with Gasteiger partial charge in [0.05, 0.1) is 0 Å². The minimum atomic E-state index is -0.779. The molecule has 0 saturated carbocycles. The topological polar surface area (TPSA) is 43.8 Å². The maximum absolute atomic E-state index is 11.4. The van der Waals surface area contributed by atoms with Crippen LogP contribution in [0.5, 0.6) is 0 Å². The summed E-state index contributed by atoms with van der Waals surface area (Å²) in [6, 6.07) is 11.4. The molecule has 24 heavy (non-hydrogen) atoms. The molecule has 0 bridgehead atoms. The molecule has 1 aromatic carbocycles. The van der Waals surface area contributed by atoms with E-state index in [1.165, 1.54) is 18.4 Å². The van der Waals surface area contributed by atoms with Crippen LogP contribution in [0, 0.1) is 0 Å². The first kappa shape index (κ1) is 17.0. The normalized spacial score (nSPS) is 20.1. The fourth-order valence-corrected chi connectivity index (χ4v) is 4.00. The molecular weight excluding hydrogens is 300 g/mol. The Bertz CT molecular complexity index is 577. The lowest BCUT2D eigenvalue weighted by molar-refractivity contribution is 0.0829. The van der Waals surface area contributed by atoms with Crippen LogP contribution in [0.2, 0.25) is 0 Å². The first-order valence-electron chi connectivity index (χ1n) is 9.15. The highest BCUT2D eigenvalue weighted by atomic mass is 16.4. The summed E-state index contributed by atoms with van der Waals surface area (Å²) < 4.78 is 0. The first-order valence-corrected chi connectivity index (χ1v) is 9.15. The molecule has 1 N–H and O–H groups in total. The van der Waals surface area contributed by atoms with E-state index in [0.717, 1.165) is 32.4 Å². The third kappa shape index (κ3) is 3.81. The largest absolute Gasteiger partial charge is 0.465 e. The molecule has 1 aliphatic carbocycles. The molecular formula is C20H28N2O2. The van der Waals surface area contributed by atoms with E-state index < -0.39 is 6.09 Å². The number of piperidine rings is 1. The Morgan fingerprint density at radius 2 is 1.96 bits per heavy atom. The van der Waals surface area contributed by atoms with Crippen molar-refractivity contribution in [3.63, 3.8) is 0 Å². The fraction of sp³-hybridized carbons (Fsp3) is 0.550. The second-order valence-electron chi connectivity index (χ2n) is 6.86. The van der Waals surface area contributed by atoms with Gasteiger partial charge in [-0.05, 0) is 44.6 Å². The Morgan fingerprint density at radius 1 is 1.29 bits per heavy atom. The molecule has 1 fully saturated rings. The number of benzene rings is 1. The second kappa shape index (κ2) is 7.84. The van der Waals surface area contributed by atoms with E-state index in [2.05, 4.69) is 41.3 Å². The van der Waals surface area contributed by atoms with Crippen molar-refractivity contribution < 1.29 is 9.90 Å². The first-order chi connectivity index (χ1) is 11.7. The van der Waals surface area contributed by atoms with E-state index >= 15 is 0 Å². The Labute approximate surface area is 144 Å². The van der Waals surface area contributed by atoms with Crippen LogP contribution in [0.15, 0.2) is 42.0 Å². The SMILES string of the molecule is CCN(C(=O)O)C1CCN(C(Cc2ccccc2)C2=CCC2)CC1.